The van der Waals surface area contributed by atoms with Gasteiger partial charge in [0.1, 0.15) is 5.82 Å². The molecule has 0 spiro atoms. The monoisotopic (exact) mass is 533 g/mol. The van der Waals surface area contributed by atoms with Gasteiger partial charge in [-0.25, -0.2) is 4.39 Å². The Morgan fingerprint density at radius 1 is 1.18 bits per heavy atom. The minimum absolute atomic E-state index is 0.0941. The summed E-state index contributed by atoms with van der Waals surface area (Å²) in [4.78, 5) is 21.2. The molecule has 5 nitrogen and oxygen atoms in total. The predicted octanol–water partition coefficient (Wildman–Crippen LogP) is 6.24. The molecular formula is C23H24BrF4NO4. The van der Waals surface area contributed by atoms with Crippen molar-refractivity contribution in [3.63, 3.8) is 0 Å². The van der Waals surface area contributed by atoms with Gasteiger partial charge in [-0.3, -0.25) is 9.59 Å². The Hall–Kier alpha value is -2.46. The number of rotatable bonds is 5. The number of halogens is 5. The van der Waals surface area contributed by atoms with Crippen LogP contribution in [0.1, 0.15) is 43.2 Å². The van der Waals surface area contributed by atoms with Gasteiger partial charge in [-0.15, -0.1) is 0 Å². The highest BCUT2D eigenvalue weighted by Gasteiger charge is 2.35. The molecule has 3 unspecified atom stereocenters. The third-order valence-corrected chi connectivity index (χ3v) is 5.86. The molecule has 2 aromatic rings. The van der Waals surface area contributed by atoms with Crippen molar-refractivity contribution in [2.24, 2.45) is 5.92 Å². The lowest BCUT2D eigenvalue weighted by Crippen LogP contribution is -2.34. The number of nitrogens with one attached hydrogen (secondary N) is 1. The molecule has 1 saturated carbocycles. The summed E-state index contributed by atoms with van der Waals surface area (Å²) in [6, 6.07) is 9.96. The van der Waals surface area contributed by atoms with E-state index in [-0.39, 0.29) is 24.2 Å². The first-order chi connectivity index (χ1) is 15.6. The summed E-state index contributed by atoms with van der Waals surface area (Å²) >= 11 is 3.41. The van der Waals surface area contributed by atoms with Gasteiger partial charge in [0.2, 0.25) is 5.91 Å². The largest absolute Gasteiger partial charge is 0.483 e. The van der Waals surface area contributed by atoms with Crippen LogP contribution >= 0.6 is 15.9 Å². The molecule has 0 aromatic heterocycles. The van der Waals surface area contributed by atoms with Gasteiger partial charge in [0.15, 0.2) is 0 Å². The Morgan fingerprint density at radius 2 is 1.82 bits per heavy atom. The fourth-order valence-corrected chi connectivity index (χ4v) is 4.15. The van der Waals surface area contributed by atoms with Crippen LogP contribution in [-0.4, -0.2) is 30.2 Å². The fourth-order valence-electron chi connectivity index (χ4n) is 3.89. The third-order valence-electron chi connectivity index (χ3n) is 5.33. The summed E-state index contributed by atoms with van der Waals surface area (Å²) in [5.74, 6) is -1.87. The number of carbonyl (C=O) groups excluding carboxylic acids is 1. The molecule has 0 radical (unpaired) electrons. The van der Waals surface area contributed by atoms with E-state index in [2.05, 4.69) is 21.2 Å². The zero-order valence-corrected chi connectivity index (χ0v) is 19.3. The van der Waals surface area contributed by atoms with E-state index in [0.29, 0.717) is 25.5 Å². The first kappa shape index (κ1) is 26.8. The Morgan fingerprint density at radius 3 is 2.36 bits per heavy atom. The van der Waals surface area contributed by atoms with Crippen molar-refractivity contribution in [2.75, 3.05) is 11.9 Å². The quantitative estimate of drug-likeness (QED) is 0.352. The molecule has 1 aliphatic carbocycles. The molecule has 0 heterocycles. The lowest BCUT2D eigenvalue weighted by Gasteiger charge is -2.34. The van der Waals surface area contributed by atoms with Crippen LogP contribution in [0.2, 0.25) is 0 Å². The molecule has 1 fully saturated rings. The molecule has 10 heteroatoms. The van der Waals surface area contributed by atoms with Gasteiger partial charge >= 0.3 is 6.18 Å². The molecule has 180 valence electrons. The number of ether oxygens (including phenoxy) is 1. The van der Waals surface area contributed by atoms with Crippen LogP contribution in [0, 0.1) is 11.7 Å². The van der Waals surface area contributed by atoms with Gasteiger partial charge in [-0.1, -0.05) is 28.1 Å². The van der Waals surface area contributed by atoms with Crippen LogP contribution in [0.5, 0.6) is 0 Å². The molecule has 33 heavy (non-hydrogen) atoms. The number of alkyl halides is 3. The molecule has 3 rings (SSSR count). The summed E-state index contributed by atoms with van der Waals surface area (Å²) in [7, 11) is 0. The van der Waals surface area contributed by atoms with Crippen molar-refractivity contribution in [1.29, 1.82) is 0 Å². The number of carbonyl (C=O) groups is 2. The summed E-state index contributed by atoms with van der Waals surface area (Å²) < 4.78 is 59.1. The summed E-state index contributed by atoms with van der Waals surface area (Å²) in [5.41, 5.74) is -0.268. The van der Waals surface area contributed by atoms with Gasteiger partial charge in [0.05, 0.1) is 17.4 Å². The highest BCUT2D eigenvalue weighted by molar-refractivity contribution is 9.10. The number of benzene rings is 2. The van der Waals surface area contributed by atoms with E-state index in [9.17, 15) is 22.4 Å². The number of anilines is 1. The standard InChI is InChI=1S/C22H22BrF4NO2.CH2O2/c1-2-30-18-10-14(13-3-6-17(23)7-4-13)9-15(11-18)21(29)28-20-8-5-16(12-19(20)24)22(25,26)27;2-1-3/h3-8,12,14-15,18H,2,9-11H2,1H3,(H,28,29);1H,(H,2,3). The van der Waals surface area contributed by atoms with Crippen LogP contribution in [0.25, 0.3) is 0 Å². The van der Waals surface area contributed by atoms with Gasteiger partial charge in [-0.05, 0) is 68.0 Å². The van der Waals surface area contributed by atoms with Crippen molar-refractivity contribution in [2.45, 2.75) is 44.4 Å². The van der Waals surface area contributed by atoms with Crippen LogP contribution in [-0.2, 0) is 20.5 Å². The molecule has 0 aliphatic heterocycles. The molecule has 1 aliphatic rings. The molecule has 3 atom stereocenters. The van der Waals surface area contributed by atoms with Gasteiger partial charge in [-0.2, -0.15) is 13.2 Å². The number of hydrogen-bond acceptors (Lipinski definition) is 3. The second-order valence-electron chi connectivity index (χ2n) is 7.52. The Kier molecular flexibility index (Phi) is 9.85. The second-order valence-corrected chi connectivity index (χ2v) is 8.43. The molecular weight excluding hydrogens is 510 g/mol. The number of hydrogen-bond donors (Lipinski definition) is 2. The number of carboxylic acid groups (broad SMARTS) is 1. The van der Waals surface area contributed by atoms with Crippen molar-refractivity contribution >= 4 is 34.0 Å². The van der Waals surface area contributed by atoms with Crippen molar-refractivity contribution in [1.82, 2.24) is 0 Å². The van der Waals surface area contributed by atoms with E-state index in [4.69, 9.17) is 14.6 Å². The first-order valence-corrected chi connectivity index (χ1v) is 11.0. The molecule has 2 N–H and O–H groups in total. The summed E-state index contributed by atoms with van der Waals surface area (Å²) in [6.45, 7) is 2.15. The average molecular weight is 534 g/mol. The van der Waals surface area contributed by atoms with E-state index in [1.807, 2.05) is 31.2 Å². The van der Waals surface area contributed by atoms with E-state index in [0.717, 1.165) is 28.6 Å². The topological polar surface area (TPSA) is 75.6 Å². The van der Waals surface area contributed by atoms with E-state index in [1.54, 1.807) is 0 Å². The van der Waals surface area contributed by atoms with E-state index >= 15 is 0 Å². The van der Waals surface area contributed by atoms with Gasteiger partial charge in [0.25, 0.3) is 6.47 Å². The lowest BCUT2D eigenvalue weighted by molar-refractivity contribution is -0.137. The Balaban J connectivity index is 0.00000122. The summed E-state index contributed by atoms with van der Waals surface area (Å²) in [6.07, 6.45) is -2.96. The maximum atomic E-state index is 14.1. The van der Waals surface area contributed by atoms with Crippen LogP contribution < -0.4 is 5.32 Å². The van der Waals surface area contributed by atoms with Gasteiger partial charge in [0, 0.05) is 17.0 Å². The zero-order valence-electron chi connectivity index (χ0n) is 17.7. The second kappa shape index (κ2) is 12.1. The first-order valence-electron chi connectivity index (χ1n) is 10.2. The van der Waals surface area contributed by atoms with Crippen LogP contribution in [0.4, 0.5) is 23.2 Å². The van der Waals surface area contributed by atoms with Crippen molar-refractivity contribution in [3.05, 3.63) is 63.9 Å². The van der Waals surface area contributed by atoms with Crippen LogP contribution in [0.15, 0.2) is 46.9 Å². The maximum Gasteiger partial charge on any atom is 0.416 e. The lowest BCUT2D eigenvalue weighted by atomic mass is 9.76. The average Bonchev–Trinajstić information content (AvgIpc) is 2.75. The normalized spacial score (nSPS) is 20.4. The smallest absolute Gasteiger partial charge is 0.416 e. The molecule has 2 aromatic carbocycles. The molecule has 0 saturated heterocycles. The molecule has 1 amide bonds. The minimum Gasteiger partial charge on any atom is -0.483 e. The minimum atomic E-state index is -4.64. The zero-order chi connectivity index (χ0) is 24.6. The van der Waals surface area contributed by atoms with E-state index < -0.39 is 29.4 Å². The van der Waals surface area contributed by atoms with E-state index in [1.165, 1.54) is 0 Å². The van der Waals surface area contributed by atoms with Gasteiger partial charge < -0.3 is 15.2 Å². The maximum absolute atomic E-state index is 14.1. The Labute approximate surface area is 197 Å². The SMILES string of the molecule is CCOC1CC(C(=O)Nc2ccc(C(F)(F)F)cc2F)CC(c2ccc(Br)cc2)C1.O=CO. The molecule has 0 bridgehead atoms. The third kappa shape index (κ3) is 7.82. The Bertz CT molecular complexity index is 937. The number of amides is 1. The fraction of sp³-hybridized carbons (Fsp3) is 0.391. The highest BCUT2D eigenvalue weighted by atomic mass is 79.9. The highest BCUT2D eigenvalue weighted by Crippen LogP contribution is 2.39. The van der Waals surface area contributed by atoms with Crippen LogP contribution in [0.3, 0.4) is 0 Å². The summed E-state index contributed by atoms with van der Waals surface area (Å²) in [5, 5.41) is 9.35. The predicted molar refractivity (Wildman–Crippen MR) is 118 cm³/mol. The van der Waals surface area contributed by atoms with Crippen molar-refractivity contribution in [3.8, 4) is 0 Å². The van der Waals surface area contributed by atoms with Crippen molar-refractivity contribution < 1.29 is 37.0 Å².